The van der Waals surface area contributed by atoms with Crippen molar-refractivity contribution in [3.8, 4) is 0 Å². The van der Waals surface area contributed by atoms with Gasteiger partial charge in [-0.25, -0.2) is 12.8 Å². The number of halogens is 4. The van der Waals surface area contributed by atoms with E-state index in [4.69, 9.17) is 5.73 Å². The zero-order valence-electron chi connectivity index (χ0n) is 19.1. The van der Waals surface area contributed by atoms with Crippen LogP contribution in [0.1, 0.15) is 27.8 Å². The molecule has 188 valence electrons. The lowest BCUT2D eigenvalue weighted by molar-refractivity contribution is -0.140. The molecule has 1 aliphatic rings. The van der Waals surface area contributed by atoms with E-state index in [9.17, 15) is 26.0 Å². The van der Waals surface area contributed by atoms with Gasteiger partial charge in [-0.05, 0) is 77.7 Å². The molecule has 0 amide bonds. The Balaban J connectivity index is 1.65. The van der Waals surface area contributed by atoms with Crippen LogP contribution in [-0.2, 0) is 35.6 Å². The summed E-state index contributed by atoms with van der Waals surface area (Å²) in [6.07, 6.45) is -3.70. The number of benzene rings is 3. The molecule has 3 aromatic carbocycles. The quantitative estimate of drug-likeness (QED) is 0.311. The Morgan fingerprint density at radius 1 is 1.03 bits per heavy atom. The van der Waals surface area contributed by atoms with Crippen LogP contribution in [-0.4, -0.2) is 14.5 Å². The summed E-state index contributed by atoms with van der Waals surface area (Å²) in [5.41, 5.74) is 7.15. The molecule has 1 atom stereocenters. The fourth-order valence-electron chi connectivity index (χ4n) is 4.64. The van der Waals surface area contributed by atoms with Gasteiger partial charge in [0.2, 0.25) is 0 Å². The molecular weight excluding hydrogens is 512 g/mol. The number of thiophene rings is 1. The van der Waals surface area contributed by atoms with Crippen molar-refractivity contribution in [1.82, 2.24) is 0 Å². The maximum Gasteiger partial charge on any atom is 0.419 e. The van der Waals surface area contributed by atoms with E-state index < -0.39 is 34.1 Å². The Morgan fingerprint density at radius 2 is 1.75 bits per heavy atom. The lowest BCUT2D eigenvalue weighted by atomic mass is 10.1. The van der Waals surface area contributed by atoms with Gasteiger partial charge < -0.3 is 5.73 Å². The Labute approximate surface area is 210 Å². The van der Waals surface area contributed by atoms with Crippen molar-refractivity contribution in [3.63, 3.8) is 0 Å². The van der Waals surface area contributed by atoms with Crippen LogP contribution in [0.2, 0.25) is 0 Å². The van der Waals surface area contributed by atoms with E-state index in [1.54, 1.807) is 19.1 Å². The number of hydrogen-bond acceptors (Lipinski definition) is 4. The molecule has 36 heavy (non-hydrogen) atoms. The Morgan fingerprint density at radius 3 is 2.47 bits per heavy atom. The van der Waals surface area contributed by atoms with Crippen molar-refractivity contribution in [3.05, 3.63) is 94.3 Å². The van der Waals surface area contributed by atoms with Gasteiger partial charge in [0.25, 0.3) is 10.0 Å². The molecular formula is C26H22F4N2O2S2. The largest absolute Gasteiger partial charge is 0.419 e. The monoisotopic (exact) mass is 534 g/mol. The average Bonchev–Trinajstić information content (AvgIpc) is 3.36. The third-order valence-corrected chi connectivity index (χ3v) is 9.59. The molecule has 10 heteroatoms. The molecule has 1 heterocycles. The third-order valence-electron chi connectivity index (χ3n) is 6.44. The summed E-state index contributed by atoms with van der Waals surface area (Å²) in [7, 11) is -4.19. The van der Waals surface area contributed by atoms with Crippen LogP contribution in [0.25, 0.3) is 10.1 Å². The first-order valence-electron chi connectivity index (χ1n) is 11.2. The fourth-order valence-corrected chi connectivity index (χ4v) is 7.62. The number of aryl methyl sites for hydroxylation is 1. The molecule has 4 aromatic rings. The molecule has 0 saturated carbocycles. The topological polar surface area (TPSA) is 63.4 Å². The molecule has 0 fully saturated rings. The van der Waals surface area contributed by atoms with Crippen molar-refractivity contribution >= 4 is 36.4 Å². The maximum atomic E-state index is 14.0. The highest BCUT2D eigenvalue weighted by Crippen LogP contribution is 2.41. The van der Waals surface area contributed by atoms with Gasteiger partial charge in [0, 0.05) is 10.7 Å². The number of fused-ring (bicyclic) bond motifs is 2. The average molecular weight is 535 g/mol. The number of nitrogens with zero attached hydrogens (tertiary/aromatic N) is 1. The minimum absolute atomic E-state index is 0.0207. The molecule has 2 N–H and O–H groups in total. The highest BCUT2D eigenvalue weighted by Gasteiger charge is 2.35. The van der Waals surface area contributed by atoms with Gasteiger partial charge in [-0.3, -0.25) is 4.31 Å². The summed E-state index contributed by atoms with van der Waals surface area (Å²) in [4.78, 5) is 0.0327. The van der Waals surface area contributed by atoms with Crippen molar-refractivity contribution in [2.45, 2.75) is 43.4 Å². The number of anilines is 1. The summed E-state index contributed by atoms with van der Waals surface area (Å²) in [5, 5.41) is 1.25. The van der Waals surface area contributed by atoms with Crippen molar-refractivity contribution < 1.29 is 26.0 Å². The SMILES string of the molecule is Cc1c(N(Cc2ccc(F)c(C(F)(F)F)c2)S(=O)(=O)c2ccc3c(c2)CC(N)C3)sc2ccccc12. The second-order valence-electron chi connectivity index (χ2n) is 8.95. The van der Waals surface area contributed by atoms with E-state index in [0.29, 0.717) is 29.5 Å². The lowest BCUT2D eigenvalue weighted by Gasteiger charge is -2.25. The van der Waals surface area contributed by atoms with E-state index >= 15 is 0 Å². The predicted molar refractivity (Wildman–Crippen MR) is 133 cm³/mol. The predicted octanol–water partition coefficient (Wildman–Crippen LogP) is 6.19. The number of alkyl halides is 3. The molecule has 0 spiro atoms. The number of rotatable bonds is 5. The summed E-state index contributed by atoms with van der Waals surface area (Å²) in [6.45, 7) is 1.39. The number of hydrogen-bond donors (Lipinski definition) is 1. The molecule has 0 saturated heterocycles. The number of nitrogens with two attached hydrogens (primary N) is 1. The lowest BCUT2D eigenvalue weighted by Crippen LogP contribution is -2.30. The molecule has 1 aliphatic carbocycles. The van der Waals surface area contributed by atoms with Gasteiger partial charge in [0.05, 0.1) is 17.0 Å². The smallest absolute Gasteiger partial charge is 0.327 e. The molecule has 4 nitrogen and oxygen atoms in total. The van der Waals surface area contributed by atoms with Gasteiger partial charge in [0.15, 0.2) is 0 Å². The molecule has 1 unspecified atom stereocenters. The van der Waals surface area contributed by atoms with Crippen LogP contribution < -0.4 is 10.0 Å². The van der Waals surface area contributed by atoms with Crippen molar-refractivity contribution in [1.29, 1.82) is 0 Å². The third kappa shape index (κ3) is 4.38. The molecule has 1 aromatic heterocycles. The van der Waals surface area contributed by atoms with Crippen molar-refractivity contribution in [2.75, 3.05) is 4.31 Å². The van der Waals surface area contributed by atoms with Crippen LogP contribution in [0, 0.1) is 12.7 Å². The van der Waals surface area contributed by atoms with Gasteiger partial charge in [-0.2, -0.15) is 13.2 Å². The Bertz CT molecular complexity index is 1580. The fraction of sp³-hybridized carbons (Fsp3) is 0.231. The second kappa shape index (κ2) is 8.86. The Kier molecular flexibility index (Phi) is 6.09. The first kappa shape index (κ1) is 24.7. The van der Waals surface area contributed by atoms with Crippen LogP contribution in [0.15, 0.2) is 65.6 Å². The summed E-state index contributed by atoms with van der Waals surface area (Å²) >= 11 is 1.24. The molecule has 0 aliphatic heterocycles. The molecule has 0 bridgehead atoms. The van der Waals surface area contributed by atoms with Crippen LogP contribution in [0.4, 0.5) is 22.6 Å². The number of sulfonamides is 1. The minimum atomic E-state index is -4.91. The van der Waals surface area contributed by atoms with Gasteiger partial charge in [0.1, 0.15) is 10.8 Å². The van der Waals surface area contributed by atoms with Crippen LogP contribution in [0.5, 0.6) is 0 Å². The second-order valence-corrected chi connectivity index (χ2v) is 11.8. The zero-order valence-corrected chi connectivity index (χ0v) is 20.8. The van der Waals surface area contributed by atoms with Gasteiger partial charge in [-0.1, -0.05) is 30.3 Å². The van der Waals surface area contributed by atoms with E-state index in [2.05, 4.69) is 0 Å². The van der Waals surface area contributed by atoms with E-state index in [-0.39, 0.29) is 16.5 Å². The highest BCUT2D eigenvalue weighted by atomic mass is 32.2. The zero-order chi connectivity index (χ0) is 25.8. The van der Waals surface area contributed by atoms with Crippen LogP contribution in [0.3, 0.4) is 0 Å². The highest BCUT2D eigenvalue weighted by molar-refractivity contribution is 7.93. The summed E-state index contributed by atoms with van der Waals surface area (Å²) in [6, 6.07) is 14.7. The van der Waals surface area contributed by atoms with Gasteiger partial charge >= 0.3 is 6.18 Å². The van der Waals surface area contributed by atoms with Crippen LogP contribution >= 0.6 is 11.3 Å². The molecule has 0 radical (unpaired) electrons. The first-order chi connectivity index (χ1) is 16.9. The van der Waals surface area contributed by atoms with Gasteiger partial charge in [-0.15, -0.1) is 11.3 Å². The maximum absolute atomic E-state index is 14.0. The van der Waals surface area contributed by atoms with E-state index in [1.165, 1.54) is 23.5 Å². The Hall–Kier alpha value is -2.95. The van der Waals surface area contributed by atoms with Crippen molar-refractivity contribution in [2.24, 2.45) is 5.73 Å². The molecule has 5 rings (SSSR count). The van der Waals surface area contributed by atoms with E-state index in [0.717, 1.165) is 31.6 Å². The van der Waals surface area contributed by atoms with E-state index in [1.807, 2.05) is 24.3 Å². The summed E-state index contributed by atoms with van der Waals surface area (Å²) in [5.74, 6) is -1.41. The first-order valence-corrected chi connectivity index (χ1v) is 13.4. The summed E-state index contributed by atoms with van der Waals surface area (Å²) < 4.78 is 84.0. The normalized spacial score (nSPS) is 15.9. The standard InChI is InChI=1S/C26H22F4N2O2S2/c1-15-21-4-2-3-5-24(21)35-25(15)32(14-16-6-9-23(27)22(10-16)26(28,29)30)36(33,34)20-8-7-17-11-19(31)12-18(17)13-20/h2-10,13,19H,11-12,14,31H2,1H3. The minimum Gasteiger partial charge on any atom is -0.327 e.